The third kappa shape index (κ3) is 6.27. The number of hydrogen-bond acceptors (Lipinski definition) is 5. The van der Waals surface area contributed by atoms with E-state index in [0.717, 1.165) is 16.9 Å². The van der Waals surface area contributed by atoms with E-state index in [1.807, 2.05) is 36.4 Å². The zero-order chi connectivity index (χ0) is 17.9. The number of carbonyl (C=O) groups is 1. The van der Waals surface area contributed by atoms with Gasteiger partial charge in [0.1, 0.15) is 19.5 Å². The smallest absolute Gasteiger partial charge is 0.251 e. The summed E-state index contributed by atoms with van der Waals surface area (Å²) in [4.78, 5) is 16.8. The Balaban J connectivity index is 1.89. The normalized spacial score (nSPS) is 10.6. The number of rotatable bonds is 9. The molecule has 1 amide bonds. The van der Waals surface area contributed by atoms with E-state index in [2.05, 4.69) is 15.3 Å². The fourth-order valence-electron chi connectivity index (χ4n) is 2.11. The Kier molecular flexibility index (Phi) is 7.46. The lowest BCUT2D eigenvalue weighted by Crippen LogP contribution is -2.22. The average molecular weight is 342 g/mol. The molecule has 0 aromatic heterocycles. The van der Waals surface area contributed by atoms with E-state index in [9.17, 15) is 4.79 Å². The second kappa shape index (κ2) is 10.1. The second-order valence-corrected chi connectivity index (χ2v) is 5.21. The van der Waals surface area contributed by atoms with Crippen LogP contribution in [-0.2, 0) is 16.1 Å². The highest BCUT2D eigenvalue weighted by Gasteiger charge is 2.05. The van der Waals surface area contributed by atoms with Crippen LogP contribution in [-0.4, -0.2) is 39.6 Å². The summed E-state index contributed by atoms with van der Waals surface area (Å²) in [6.07, 6.45) is 1.58. The standard InChI is InChI=1S/C19H22N2O4/c1-23-10-11-25-18-5-3-4-16(12-18)13-20-19(22)17-8-6-15(7-9-17)14-21-24-2/h3-9,12,14H,10-11,13H2,1-2H3,(H,20,22)/b21-14+. The number of nitrogens with one attached hydrogen (secondary N) is 1. The molecule has 2 aromatic carbocycles. The third-order valence-electron chi connectivity index (χ3n) is 3.39. The van der Waals surface area contributed by atoms with Crippen LogP contribution >= 0.6 is 0 Å². The van der Waals surface area contributed by atoms with Crippen molar-refractivity contribution in [3.63, 3.8) is 0 Å². The highest BCUT2D eigenvalue weighted by atomic mass is 16.6. The molecule has 2 rings (SSSR count). The van der Waals surface area contributed by atoms with E-state index < -0.39 is 0 Å². The molecule has 0 aliphatic rings. The summed E-state index contributed by atoms with van der Waals surface area (Å²) in [6.45, 7) is 1.45. The van der Waals surface area contributed by atoms with Crippen molar-refractivity contribution in [3.05, 3.63) is 65.2 Å². The summed E-state index contributed by atoms with van der Waals surface area (Å²) < 4.78 is 10.5. The van der Waals surface area contributed by atoms with Gasteiger partial charge in [0.25, 0.3) is 5.91 Å². The van der Waals surface area contributed by atoms with Crippen molar-refractivity contribution in [2.75, 3.05) is 27.4 Å². The molecule has 0 radical (unpaired) electrons. The van der Waals surface area contributed by atoms with Crippen LogP contribution < -0.4 is 10.1 Å². The lowest BCUT2D eigenvalue weighted by molar-refractivity contribution is 0.0951. The first-order valence-corrected chi connectivity index (χ1v) is 7.88. The van der Waals surface area contributed by atoms with Crippen molar-refractivity contribution in [2.45, 2.75) is 6.54 Å². The second-order valence-electron chi connectivity index (χ2n) is 5.21. The number of hydrogen-bond donors (Lipinski definition) is 1. The minimum absolute atomic E-state index is 0.138. The summed E-state index contributed by atoms with van der Waals surface area (Å²) in [5.74, 6) is 0.617. The van der Waals surface area contributed by atoms with Gasteiger partial charge in [0.2, 0.25) is 0 Å². The van der Waals surface area contributed by atoms with Gasteiger partial charge in [-0.3, -0.25) is 4.79 Å². The maximum Gasteiger partial charge on any atom is 0.251 e. The predicted octanol–water partition coefficient (Wildman–Crippen LogP) is 2.62. The van der Waals surface area contributed by atoms with E-state index in [1.165, 1.54) is 7.11 Å². The molecule has 6 heteroatoms. The van der Waals surface area contributed by atoms with Gasteiger partial charge in [-0.15, -0.1) is 0 Å². The molecule has 0 aliphatic carbocycles. The Morgan fingerprint density at radius 2 is 1.92 bits per heavy atom. The first-order chi connectivity index (χ1) is 12.2. The monoisotopic (exact) mass is 342 g/mol. The topological polar surface area (TPSA) is 69.2 Å². The van der Waals surface area contributed by atoms with E-state index >= 15 is 0 Å². The van der Waals surface area contributed by atoms with Gasteiger partial charge in [0.05, 0.1) is 12.8 Å². The summed E-state index contributed by atoms with van der Waals surface area (Å²) in [7, 11) is 3.11. The maximum absolute atomic E-state index is 12.2. The van der Waals surface area contributed by atoms with Gasteiger partial charge in [-0.2, -0.15) is 0 Å². The molecule has 0 heterocycles. The van der Waals surface area contributed by atoms with Crippen LogP contribution in [0.4, 0.5) is 0 Å². The Morgan fingerprint density at radius 3 is 2.64 bits per heavy atom. The lowest BCUT2D eigenvalue weighted by Gasteiger charge is -2.09. The van der Waals surface area contributed by atoms with E-state index in [0.29, 0.717) is 25.3 Å². The molecule has 0 spiro atoms. The molecule has 0 unspecified atom stereocenters. The molecule has 0 fully saturated rings. The van der Waals surface area contributed by atoms with Crippen molar-refractivity contribution in [1.29, 1.82) is 0 Å². The SMILES string of the molecule is COCCOc1cccc(CNC(=O)c2ccc(/C=N/OC)cc2)c1. The molecule has 0 saturated carbocycles. The lowest BCUT2D eigenvalue weighted by atomic mass is 10.1. The molecule has 132 valence electrons. The van der Waals surface area contributed by atoms with Crippen molar-refractivity contribution in [3.8, 4) is 5.75 Å². The van der Waals surface area contributed by atoms with Crippen LogP contribution in [0.25, 0.3) is 0 Å². The molecule has 2 aromatic rings. The quantitative estimate of drug-likeness (QED) is 0.432. The number of methoxy groups -OCH3 is 1. The van der Waals surface area contributed by atoms with Crippen LogP contribution in [0.15, 0.2) is 53.7 Å². The average Bonchev–Trinajstić information content (AvgIpc) is 2.65. The van der Waals surface area contributed by atoms with Gasteiger partial charge in [0, 0.05) is 19.2 Å². The van der Waals surface area contributed by atoms with Gasteiger partial charge >= 0.3 is 0 Å². The Hall–Kier alpha value is -2.86. The minimum Gasteiger partial charge on any atom is -0.491 e. The first kappa shape index (κ1) is 18.5. The van der Waals surface area contributed by atoms with Gasteiger partial charge in [-0.1, -0.05) is 29.4 Å². The van der Waals surface area contributed by atoms with E-state index in [-0.39, 0.29) is 5.91 Å². The van der Waals surface area contributed by atoms with Crippen LogP contribution in [0.5, 0.6) is 5.75 Å². The van der Waals surface area contributed by atoms with Crippen molar-refractivity contribution >= 4 is 12.1 Å². The maximum atomic E-state index is 12.2. The molecule has 0 saturated heterocycles. The summed E-state index contributed by atoms with van der Waals surface area (Å²) >= 11 is 0. The van der Waals surface area contributed by atoms with E-state index in [1.54, 1.807) is 25.5 Å². The third-order valence-corrected chi connectivity index (χ3v) is 3.39. The molecule has 6 nitrogen and oxygen atoms in total. The largest absolute Gasteiger partial charge is 0.491 e. The number of nitrogens with zero attached hydrogens (tertiary/aromatic N) is 1. The zero-order valence-electron chi connectivity index (χ0n) is 14.4. The van der Waals surface area contributed by atoms with Gasteiger partial charge < -0.3 is 19.6 Å². The fraction of sp³-hybridized carbons (Fsp3) is 0.263. The van der Waals surface area contributed by atoms with Crippen LogP contribution in [0.3, 0.4) is 0 Å². The van der Waals surface area contributed by atoms with Crippen molar-refractivity contribution < 1.29 is 19.1 Å². The summed E-state index contributed by atoms with van der Waals surface area (Å²) in [5, 5.41) is 6.58. The fourth-order valence-corrected chi connectivity index (χ4v) is 2.11. The number of carbonyl (C=O) groups excluding carboxylic acids is 1. The molecular formula is C19H22N2O4. The van der Waals surface area contributed by atoms with Crippen LogP contribution in [0.2, 0.25) is 0 Å². The molecule has 25 heavy (non-hydrogen) atoms. The first-order valence-electron chi connectivity index (χ1n) is 7.88. The van der Waals surface area contributed by atoms with Crippen LogP contribution in [0.1, 0.15) is 21.5 Å². The predicted molar refractivity (Wildman–Crippen MR) is 96.0 cm³/mol. The highest BCUT2D eigenvalue weighted by Crippen LogP contribution is 2.13. The summed E-state index contributed by atoms with van der Waals surface area (Å²) in [6, 6.07) is 14.7. The van der Waals surface area contributed by atoms with Gasteiger partial charge in [0.15, 0.2) is 0 Å². The molecule has 1 N–H and O–H groups in total. The Labute approximate surface area is 147 Å². The number of benzene rings is 2. The molecule has 0 atom stereocenters. The molecular weight excluding hydrogens is 320 g/mol. The number of amides is 1. The van der Waals surface area contributed by atoms with E-state index in [4.69, 9.17) is 9.47 Å². The number of oxime groups is 1. The molecule has 0 bridgehead atoms. The highest BCUT2D eigenvalue weighted by molar-refractivity contribution is 5.94. The van der Waals surface area contributed by atoms with Crippen molar-refractivity contribution in [1.82, 2.24) is 5.32 Å². The van der Waals surface area contributed by atoms with Crippen LogP contribution in [0, 0.1) is 0 Å². The summed E-state index contributed by atoms with van der Waals surface area (Å²) in [5.41, 5.74) is 2.41. The van der Waals surface area contributed by atoms with Gasteiger partial charge in [-0.05, 0) is 35.4 Å². The Morgan fingerprint density at radius 1 is 1.12 bits per heavy atom. The Bertz CT molecular complexity index is 699. The zero-order valence-corrected chi connectivity index (χ0v) is 14.4. The van der Waals surface area contributed by atoms with Crippen molar-refractivity contribution in [2.24, 2.45) is 5.16 Å². The molecule has 0 aliphatic heterocycles. The number of ether oxygens (including phenoxy) is 2. The van der Waals surface area contributed by atoms with Gasteiger partial charge in [-0.25, -0.2) is 0 Å². The minimum atomic E-state index is -0.138.